The van der Waals surface area contributed by atoms with Gasteiger partial charge in [-0.2, -0.15) is 5.26 Å². The number of imidazole rings is 1. The number of nitriles is 1. The van der Waals surface area contributed by atoms with Crippen LogP contribution in [0.5, 0.6) is 0 Å². The van der Waals surface area contributed by atoms with Crippen LogP contribution in [0.4, 0.5) is 0 Å². The predicted molar refractivity (Wildman–Crippen MR) is 41.2 cm³/mol. The molecule has 0 aliphatic rings. The van der Waals surface area contributed by atoms with E-state index in [1.807, 2.05) is 41.7 Å². The quantitative estimate of drug-likeness (QED) is 0.419. The highest BCUT2D eigenvalue weighted by molar-refractivity contribution is 5.41. The molecule has 3 nitrogen and oxygen atoms in total. The van der Waals surface area contributed by atoms with Crippen LogP contribution in [0.25, 0.3) is 6.08 Å². The maximum Gasteiger partial charge on any atom is 0.281 e. The van der Waals surface area contributed by atoms with Gasteiger partial charge in [-0.3, -0.25) is 0 Å². The van der Waals surface area contributed by atoms with Crippen LogP contribution in [-0.4, -0.2) is 4.57 Å². The molecular formula is C8H10N3+. The van der Waals surface area contributed by atoms with Gasteiger partial charge in [0.15, 0.2) is 0 Å². The zero-order chi connectivity index (χ0) is 8.27. The first-order chi connectivity index (χ1) is 5.25. The second-order valence-electron chi connectivity index (χ2n) is 2.34. The van der Waals surface area contributed by atoms with E-state index in [1.165, 1.54) is 6.08 Å². The Balaban J connectivity index is 3.03. The van der Waals surface area contributed by atoms with E-state index < -0.39 is 0 Å². The Labute approximate surface area is 65.8 Å². The van der Waals surface area contributed by atoms with Crippen molar-refractivity contribution in [3.8, 4) is 6.07 Å². The summed E-state index contributed by atoms with van der Waals surface area (Å²) in [5.41, 5.74) is 0. The summed E-state index contributed by atoms with van der Waals surface area (Å²) in [7, 11) is 3.88. The maximum absolute atomic E-state index is 8.29. The van der Waals surface area contributed by atoms with E-state index >= 15 is 0 Å². The summed E-state index contributed by atoms with van der Waals surface area (Å²) in [4.78, 5) is 0. The smallest absolute Gasteiger partial charge is 0.233 e. The third kappa shape index (κ3) is 1.47. The fourth-order valence-corrected chi connectivity index (χ4v) is 0.948. The fourth-order valence-electron chi connectivity index (χ4n) is 0.948. The number of aryl methyl sites for hydroxylation is 2. The number of rotatable bonds is 1. The lowest BCUT2D eigenvalue weighted by Crippen LogP contribution is -2.29. The molecule has 0 unspecified atom stereocenters. The number of hydrogen-bond donors (Lipinski definition) is 0. The zero-order valence-electron chi connectivity index (χ0n) is 6.65. The average Bonchev–Trinajstić information content (AvgIpc) is 2.29. The number of aromatic nitrogens is 2. The number of allylic oxidation sites excluding steroid dienone is 1. The normalized spacial score (nSPS) is 10.3. The summed E-state index contributed by atoms with van der Waals surface area (Å²) in [5.74, 6) is 1.01. The summed E-state index contributed by atoms with van der Waals surface area (Å²) < 4.78 is 3.90. The van der Waals surface area contributed by atoms with Crippen LogP contribution in [0.2, 0.25) is 0 Å². The van der Waals surface area contributed by atoms with Gasteiger partial charge in [-0.1, -0.05) is 0 Å². The first kappa shape index (κ1) is 7.55. The number of hydrogen-bond acceptors (Lipinski definition) is 1. The summed E-state index contributed by atoms with van der Waals surface area (Å²) >= 11 is 0. The number of nitrogens with zero attached hydrogens (tertiary/aromatic N) is 3. The first-order valence-corrected chi connectivity index (χ1v) is 3.33. The molecule has 0 saturated heterocycles. The Bertz CT molecular complexity index is 295. The van der Waals surface area contributed by atoms with Gasteiger partial charge >= 0.3 is 0 Å². The van der Waals surface area contributed by atoms with E-state index in [2.05, 4.69) is 0 Å². The molecule has 1 rings (SSSR count). The molecule has 3 heteroatoms. The molecule has 0 aliphatic heterocycles. The van der Waals surface area contributed by atoms with Gasteiger partial charge in [0.25, 0.3) is 5.82 Å². The maximum atomic E-state index is 8.29. The highest BCUT2D eigenvalue weighted by Crippen LogP contribution is 1.93. The second kappa shape index (κ2) is 3.02. The van der Waals surface area contributed by atoms with Gasteiger partial charge in [-0.15, -0.1) is 0 Å². The van der Waals surface area contributed by atoms with Crippen molar-refractivity contribution < 1.29 is 4.57 Å². The monoisotopic (exact) mass is 148 g/mol. The van der Waals surface area contributed by atoms with Gasteiger partial charge in [0.2, 0.25) is 0 Å². The first-order valence-electron chi connectivity index (χ1n) is 3.33. The Hall–Kier alpha value is -1.56. The minimum atomic E-state index is 1.01. The molecule has 0 spiro atoms. The molecule has 0 atom stereocenters. The lowest BCUT2D eigenvalue weighted by atomic mass is 10.5. The Morgan fingerprint density at radius 2 is 2.45 bits per heavy atom. The molecular weight excluding hydrogens is 138 g/mol. The van der Waals surface area contributed by atoms with Gasteiger partial charge < -0.3 is 0 Å². The van der Waals surface area contributed by atoms with Crippen molar-refractivity contribution in [1.29, 1.82) is 5.26 Å². The van der Waals surface area contributed by atoms with E-state index in [4.69, 9.17) is 5.26 Å². The molecule has 0 N–H and O–H groups in total. The molecule has 0 aliphatic carbocycles. The zero-order valence-corrected chi connectivity index (χ0v) is 6.65. The predicted octanol–water partition coefficient (Wildman–Crippen LogP) is 0.386. The summed E-state index contributed by atoms with van der Waals surface area (Å²) in [6.45, 7) is 0. The Morgan fingerprint density at radius 1 is 1.73 bits per heavy atom. The molecule has 11 heavy (non-hydrogen) atoms. The standard InChI is InChI=1S/C8H10N3/c1-10-6-7-11(2)8(10)4-3-5-9/h3-4,6-7H,1-2H3/q+1/b4-3+. The molecule has 0 radical (unpaired) electrons. The molecule has 1 heterocycles. The van der Waals surface area contributed by atoms with Crippen molar-refractivity contribution in [2.24, 2.45) is 14.1 Å². The van der Waals surface area contributed by atoms with Crippen molar-refractivity contribution in [3.05, 3.63) is 24.3 Å². The van der Waals surface area contributed by atoms with E-state index in [0.717, 1.165) is 5.82 Å². The van der Waals surface area contributed by atoms with Crippen LogP contribution < -0.4 is 4.57 Å². The van der Waals surface area contributed by atoms with E-state index in [1.54, 1.807) is 6.08 Å². The Morgan fingerprint density at radius 3 is 2.91 bits per heavy atom. The molecule has 0 amide bonds. The van der Waals surface area contributed by atoms with Crippen LogP contribution in [-0.2, 0) is 14.1 Å². The molecule has 0 saturated carbocycles. The lowest BCUT2D eigenvalue weighted by molar-refractivity contribution is -0.672. The van der Waals surface area contributed by atoms with Crippen molar-refractivity contribution in [3.63, 3.8) is 0 Å². The molecule has 0 bridgehead atoms. The van der Waals surface area contributed by atoms with Gasteiger partial charge in [0, 0.05) is 12.2 Å². The van der Waals surface area contributed by atoms with Crippen molar-refractivity contribution in [1.82, 2.24) is 4.57 Å². The van der Waals surface area contributed by atoms with Gasteiger partial charge in [0.1, 0.15) is 12.4 Å². The minimum absolute atomic E-state index is 1.01. The molecule has 1 aromatic rings. The van der Waals surface area contributed by atoms with Crippen molar-refractivity contribution in [2.75, 3.05) is 0 Å². The summed E-state index contributed by atoms with van der Waals surface area (Å²) in [5, 5.41) is 8.29. The van der Waals surface area contributed by atoms with Gasteiger partial charge in [-0.25, -0.2) is 9.13 Å². The van der Waals surface area contributed by atoms with E-state index in [9.17, 15) is 0 Å². The largest absolute Gasteiger partial charge is 0.281 e. The third-order valence-electron chi connectivity index (χ3n) is 1.54. The van der Waals surface area contributed by atoms with Gasteiger partial charge in [0.05, 0.1) is 20.2 Å². The third-order valence-corrected chi connectivity index (χ3v) is 1.54. The highest BCUT2D eigenvalue weighted by Gasteiger charge is 2.05. The van der Waals surface area contributed by atoms with Crippen LogP contribution in [0.1, 0.15) is 5.82 Å². The van der Waals surface area contributed by atoms with Crippen molar-refractivity contribution in [2.45, 2.75) is 0 Å². The van der Waals surface area contributed by atoms with Crippen molar-refractivity contribution >= 4 is 6.08 Å². The highest BCUT2D eigenvalue weighted by atomic mass is 15.1. The minimum Gasteiger partial charge on any atom is -0.233 e. The lowest BCUT2D eigenvalue weighted by Gasteiger charge is -1.87. The average molecular weight is 148 g/mol. The molecule has 1 aromatic heterocycles. The second-order valence-corrected chi connectivity index (χ2v) is 2.34. The van der Waals surface area contributed by atoms with Crippen LogP contribution in [0.3, 0.4) is 0 Å². The molecule has 0 aromatic carbocycles. The van der Waals surface area contributed by atoms with Crippen LogP contribution in [0.15, 0.2) is 18.5 Å². The van der Waals surface area contributed by atoms with Gasteiger partial charge in [-0.05, 0) is 0 Å². The molecule has 56 valence electrons. The molecule has 0 fully saturated rings. The fraction of sp³-hybridized carbons (Fsp3) is 0.250. The SMILES string of the molecule is Cn1cc[n+](C)c1/C=C/C#N. The topological polar surface area (TPSA) is 32.6 Å². The van der Waals surface area contributed by atoms with Crippen LogP contribution in [0, 0.1) is 11.3 Å². The summed E-state index contributed by atoms with van der Waals surface area (Å²) in [6.07, 6.45) is 7.13. The van der Waals surface area contributed by atoms with E-state index in [0.29, 0.717) is 0 Å². The summed E-state index contributed by atoms with van der Waals surface area (Å²) in [6, 6.07) is 1.95. The van der Waals surface area contributed by atoms with Crippen LogP contribution >= 0.6 is 0 Å². The Kier molecular flexibility index (Phi) is 2.07. The van der Waals surface area contributed by atoms with E-state index in [-0.39, 0.29) is 0 Å².